The fourth-order valence-electron chi connectivity index (χ4n) is 2.55. The van der Waals surface area contributed by atoms with Gasteiger partial charge in [0.25, 0.3) is 11.8 Å². The normalized spacial score (nSPS) is 10.2. The van der Waals surface area contributed by atoms with Crippen LogP contribution in [0.1, 0.15) is 40.1 Å². The summed E-state index contributed by atoms with van der Waals surface area (Å²) in [6.45, 7) is 0. The minimum Gasteiger partial charge on any atom is -0.465 e. The molecule has 0 spiro atoms. The Hall–Kier alpha value is -3.50. The summed E-state index contributed by atoms with van der Waals surface area (Å²) in [5, 5.41) is 8.69. The van der Waals surface area contributed by atoms with Crippen LogP contribution in [0.2, 0.25) is 0 Å². The van der Waals surface area contributed by atoms with Crippen molar-refractivity contribution in [2.24, 2.45) is 0 Å². The first-order chi connectivity index (χ1) is 14.4. The predicted molar refractivity (Wildman–Crippen MR) is 114 cm³/mol. The number of carbonyl (C=O) groups is 4. The number of methoxy groups -OCH3 is 2. The van der Waals surface area contributed by atoms with E-state index in [2.05, 4.69) is 10.6 Å². The standard InChI is InChI=1S/C20H16N2O6S2/c1-27-19(25)11-9-14(22-18(24)16-6-4-8-30-16)12(20(26)28-2)10-13(11)21-17(23)15-5-3-7-29-15/h3-10H,1-2H3,(H,21,23)(H,22,24). The average molecular weight is 444 g/mol. The topological polar surface area (TPSA) is 111 Å². The fourth-order valence-corrected chi connectivity index (χ4v) is 3.79. The highest BCUT2D eigenvalue weighted by atomic mass is 32.1. The number of hydrogen-bond acceptors (Lipinski definition) is 8. The van der Waals surface area contributed by atoms with E-state index in [0.29, 0.717) is 9.75 Å². The first-order valence-corrected chi connectivity index (χ1v) is 10.2. The van der Waals surface area contributed by atoms with Crippen molar-refractivity contribution in [3.63, 3.8) is 0 Å². The average Bonchev–Trinajstić information content (AvgIpc) is 3.47. The summed E-state index contributed by atoms with van der Waals surface area (Å²) in [5.74, 6) is -2.42. The molecule has 154 valence electrons. The summed E-state index contributed by atoms with van der Waals surface area (Å²) in [6, 6.07) is 9.21. The van der Waals surface area contributed by atoms with Crippen molar-refractivity contribution in [1.29, 1.82) is 0 Å². The van der Waals surface area contributed by atoms with Crippen LogP contribution in [-0.4, -0.2) is 38.0 Å². The SMILES string of the molecule is COC(=O)c1cc(NC(=O)c2cccs2)c(C(=O)OC)cc1NC(=O)c1cccs1. The van der Waals surface area contributed by atoms with E-state index >= 15 is 0 Å². The molecule has 0 fully saturated rings. The molecule has 0 saturated carbocycles. The fraction of sp³-hybridized carbons (Fsp3) is 0.100. The molecule has 0 aliphatic heterocycles. The van der Waals surface area contributed by atoms with Crippen LogP contribution in [-0.2, 0) is 9.47 Å². The Morgan fingerprint density at radius 3 is 1.43 bits per heavy atom. The van der Waals surface area contributed by atoms with Gasteiger partial charge in [0.1, 0.15) is 0 Å². The third-order valence-corrected chi connectivity index (χ3v) is 5.69. The lowest BCUT2D eigenvalue weighted by molar-refractivity contribution is 0.0588. The van der Waals surface area contributed by atoms with E-state index in [1.807, 2.05) is 0 Å². The number of hydrogen-bond donors (Lipinski definition) is 2. The molecule has 30 heavy (non-hydrogen) atoms. The predicted octanol–water partition coefficient (Wildman–Crippen LogP) is 3.89. The first-order valence-electron chi connectivity index (χ1n) is 8.49. The molecular formula is C20H16N2O6S2. The van der Waals surface area contributed by atoms with Gasteiger partial charge < -0.3 is 20.1 Å². The van der Waals surface area contributed by atoms with E-state index in [9.17, 15) is 19.2 Å². The van der Waals surface area contributed by atoms with Crippen LogP contribution in [0.4, 0.5) is 11.4 Å². The Kier molecular flexibility index (Phi) is 6.60. The molecule has 0 unspecified atom stereocenters. The highest BCUT2D eigenvalue weighted by Crippen LogP contribution is 2.29. The van der Waals surface area contributed by atoms with E-state index in [1.165, 1.54) is 49.0 Å². The van der Waals surface area contributed by atoms with E-state index in [4.69, 9.17) is 9.47 Å². The summed E-state index contributed by atoms with van der Waals surface area (Å²) in [7, 11) is 2.37. The molecule has 0 aliphatic carbocycles. The molecular weight excluding hydrogens is 428 g/mol. The summed E-state index contributed by atoms with van der Waals surface area (Å²) in [5.41, 5.74) is 0.0395. The zero-order valence-electron chi connectivity index (χ0n) is 15.9. The highest BCUT2D eigenvalue weighted by molar-refractivity contribution is 7.12. The smallest absolute Gasteiger partial charge is 0.340 e. The van der Waals surface area contributed by atoms with Crippen LogP contribution in [0.15, 0.2) is 47.2 Å². The van der Waals surface area contributed by atoms with Gasteiger partial charge in [0.15, 0.2) is 0 Å². The maximum Gasteiger partial charge on any atom is 0.340 e. The number of thiophene rings is 2. The Bertz CT molecular complexity index is 1000. The zero-order valence-corrected chi connectivity index (χ0v) is 17.5. The molecule has 10 heteroatoms. The van der Waals surface area contributed by atoms with Gasteiger partial charge >= 0.3 is 11.9 Å². The van der Waals surface area contributed by atoms with Gasteiger partial charge in [-0.2, -0.15) is 0 Å². The molecule has 0 radical (unpaired) electrons. The number of ether oxygens (including phenoxy) is 2. The van der Waals surface area contributed by atoms with Crippen molar-refractivity contribution < 1.29 is 28.7 Å². The van der Waals surface area contributed by atoms with E-state index in [1.54, 1.807) is 35.0 Å². The minimum absolute atomic E-state index is 0.0310. The molecule has 2 heterocycles. The number of anilines is 2. The van der Waals surface area contributed by atoms with Crippen molar-refractivity contribution in [3.05, 3.63) is 68.0 Å². The van der Waals surface area contributed by atoms with Gasteiger partial charge in [0.05, 0.1) is 46.5 Å². The molecule has 2 amide bonds. The molecule has 8 nitrogen and oxygen atoms in total. The maximum absolute atomic E-state index is 12.5. The van der Waals surface area contributed by atoms with Crippen LogP contribution in [0.5, 0.6) is 0 Å². The minimum atomic E-state index is -0.750. The Morgan fingerprint density at radius 2 is 1.13 bits per heavy atom. The third-order valence-electron chi connectivity index (χ3n) is 3.95. The largest absolute Gasteiger partial charge is 0.465 e. The summed E-state index contributed by atoms with van der Waals surface area (Å²) in [6.07, 6.45) is 0. The van der Waals surface area contributed by atoms with Crippen molar-refractivity contribution >= 4 is 57.8 Å². The highest BCUT2D eigenvalue weighted by Gasteiger charge is 2.23. The molecule has 2 N–H and O–H groups in total. The number of nitrogens with one attached hydrogen (secondary N) is 2. The van der Waals surface area contributed by atoms with Crippen molar-refractivity contribution in [2.45, 2.75) is 0 Å². The molecule has 0 atom stereocenters. The van der Waals surface area contributed by atoms with Crippen molar-refractivity contribution in [3.8, 4) is 0 Å². The van der Waals surface area contributed by atoms with Crippen LogP contribution in [0.25, 0.3) is 0 Å². The Balaban J connectivity index is 2.05. The van der Waals surface area contributed by atoms with Gasteiger partial charge in [-0.3, -0.25) is 9.59 Å². The maximum atomic E-state index is 12.5. The lowest BCUT2D eigenvalue weighted by atomic mass is 10.1. The molecule has 1 aromatic carbocycles. The van der Waals surface area contributed by atoms with Gasteiger partial charge in [-0.15, -0.1) is 22.7 Å². The molecule has 0 saturated heterocycles. The number of benzene rings is 1. The Morgan fingerprint density at radius 1 is 0.733 bits per heavy atom. The molecule has 2 aromatic heterocycles. The van der Waals surface area contributed by atoms with Gasteiger partial charge in [0, 0.05) is 0 Å². The van der Waals surface area contributed by atoms with Crippen LogP contribution < -0.4 is 10.6 Å². The van der Waals surface area contributed by atoms with Crippen molar-refractivity contribution in [2.75, 3.05) is 24.9 Å². The van der Waals surface area contributed by atoms with Gasteiger partial charge in [-0.1, -0.05) is 12.1 Å². The van der Waals surface area contributed by atoms with Crippen LogP contribution >= 0.6 is 22.7 Å². The molecule has 3 aromatic rings. The second-order valence-electron chi connectivity index (χ2n) is 5.79. The second kappa shape index (κ2) is 9.33. The third kappa shape index (κ3) is 4.56. The van der Waals surface area contributed by atoms with Crippen molar-refractivity contribution in [1.82, 2.24) is 0 Å². The summed E-state index contributed by atoms with van der Waals surface area (Å²) >= 11 is 2.44. The zero-order chi connectivity index (χ0) is 21.7. The molecule has 3 rings (SSSR count). The van der Waals surface area contributed by atoms with Gasteiger partial charge in [0.2, 0.25) is 0 Å². The quantitative estimate of drug-likeness (QED) is 0.558. The van der Waals surface area contributed by atoms with Crippen LogP contribution in [0.3, 0.4) is 0 Å². The molecule has 0 aliphatic rings. The number of esters is 2. The summed E-state index contributed by atoms with van der Waals surface area (Å²) in [4.78, 5) is 50.4. The second-order valence-corrected chi connectivity index (χ2v) is 7.68. The number of amides is 2. The van der Waals surface area contributed by atoms with E-state index < -0.39 is 23.8 Å². The van der Waals surface area contributed by atoms with Gasteiger partial charge in [-0.25, -0.2) is 9.59 Å². The van der Waals surface area contributed by atoms with Crippen LogP contribution in [0, 0.1) is 0 Å². The van der Waals surface area contributed by atoms with Gasteiger partial charge in [-0.05, 0) is 35.0 Å². The molecule has 0 bridgehead atoms. The number of carbonyl (C=O) groups excluding carboxylic acids is 4. The lowest BCUT2D eigenvalue weighted by Crippen LogP contribution is -2.19. The summed E-state index contributed by atoms with van der Waals surface area (Å²) < 4.78 is 9.59. The Labute approximate surface area is 179 Å². The van der Waals surface area contributed by atoms with E-state index in [0.717, 1.165) is 0 Å². The number of rotatable bonds is 6. The first kappa shape index (κ1) is 21.2. The monoisotopic (exact) mass is 444 g/mol. The lowest BCUT2D eigenvalue weighted by Gasteiger charge is -2.15. The van der Waals surface area contributed by atoms with E-state index in [-0.39, 0.29) is 22.5 Å².